The van der Waals surface area contributed by atoms with Gasteiger partial charge < -0.3 is 15.7 Å². The number of amides is 1. The van der Waals surface area contributed by atoms with Crippen LogP contribution in [0.1, 0.15) is 34.5 Å². The van der Waals surface area contributed by atoms with Crippen LogP contribution < -0.4 is 10.6 Å². The van der Waals surface area contributed by atoms with Gasteiger partial charge in [-0.3, -0.25) is 4.79 Å². The van der Waals surface area contributed by atoms with Crippen molar-refractivity contribution < 1.29 is 14.7 Å². The third kappa shape index (κ3) is 5.51. The van der Waals surface area contributed by atoms with Crippen LogP contribution in [0.3, 0.4) is 0 Å². The van der Waals surface area contributed by atoms with Gasteiger partial charge in [0.25, 0.3) is 5.91 Å². The molecule has 0 radical (unpaired) electrons. The van der Waals surface area contributed by atoms with Gasteiger partial charge in [0.15, 0.2) is 5.17 Å². The summed E-state index contributed by atoms with van der Waals surface area (Å²) in [5, 5.41) is 16.0. The molecule has 0 aromatic heterocycles. The number of aliphatic imine (C=N–C) groups is 1. The second-order valence-electron chi connectivity index (χ2n) is 7.52. The van der Waals surface area contributed by atoms with Gasteiger partial charge in [0, 0.05) is 17.1 Å². The van der Waals surface area contributed by atoms with Crippen LogP contribution in [0.2, 0.25) is 0 Å². The lowest BCUT2D eigenvalue weighted by molar-refractivity contribution is -0.113. The normalized spacial score (nSPS) is 15.4. The lowest BCUT2D eigenvalue weighted by Crippen LogP contribution is -2.32. The van der Waals surface area contributed by atoms with E-state index in [0.29, 0.717) is 16.5 Å². The van der Waals surface area contributed by atoms with Crippen LogP contribution in [0.15, 0.2) is 101 Å². The Hall–Kier alpha value is -3.84. The highest BCUT2D eigenvalue weighted by molar-refractivity contribution is 8.13. The number of thioether (sulfide) groups is 1. The van der Waals surface area contributed by atoms with Crippen molar-refractivity contribution in [2.75, 3.05) is 5.32 Å². The molecule has 0 spiro atoms. The number of allylic oxidation sites excluding steroid dienone is 1. The molecule has 3 aromatic carbocycles. The summed E-state index contributed by atoms with van der Waals surface area (Å²) in [7, 11) is 0. The van der Waals surface area contributed by atoms with Crippen LogP contribution in [0.5, 0.6) is 0 Å². The molecule has 1 heterocycles. The minimum atomic E-state index is -0.944. The van der Waals surface area contributed by atoms with E-state index < -0.39 is 12.0 Å². The van der Waals surface area contributed by atoms with Crippen LogP contribution in [-0.2, 0) is 10.5 Å². The van der Waals surface area contributed by atoms with Gasteiger partial charge in [-0.1, -0.05) is 72.4 Å². The zero-order valence-corrected chi connectivity index (χ0v) is 18.8. The van der Waals surface area contributed by atoms with E-state index in [1.54, 1.807) is 24.3 Å². The van der Waals surface area contributed by atoms with E-state index in [9.17, 15) is 9.59 Å². The van der Waals surface area contributed by atoms with Crippen molar-refractivity contribution in [2.24, 2.45) is 4.99 Å². The first kappa shape index (κ1) is 22.4. The quantitative estimate of drug-likeness (QED) is 0.471. The van der Waals surface area contributed by atoms with Gasteiger partial charge >= 0.3 is 5.97 Å². The molecular formula is C26H23N3O3S. The minimum Gasteiger partial charge on any atom is -0.478 e. The van der Waals surface area contributed by atoms with Crippen molar-refractivity contribution in [3.63, 3.8) is 0 Å². The van der Waals surface area contributed by atoms with Crippen LogP contribution in [0.25, 0.3) is 0 Å². The molecular weight excluding hydrogens is 434 g/mol. The Morgan fingerprint density at radius 3 is 2.24 bits per heavy atom. The molecule has 0 saturated heterocycles. The SMILES string of the molecule is CC1=C(C(=O)Nc2ccccc2)[C@@H](c2ccccc2)N=C(SCc2ccc(C(=O)O)cc2)N1. The number of hydrogen-bond donors (Lipinski definition) is 3. The lowest BCUT2D eigenvalue weighted by Gasteiger charge is -2.26. The van der Waals surface area contributed by atoms with E-state index in [1.165, 1.54) is 11.8 Å². The van der Waals surface area contributed by atoms with E-state index in [-0.39, 0.29) is 11.5 Å². The standard InChI is InChI=1S/C26H23N3O3S/c1-17-22(24(30)28-21-10-6-3-7-11-21)23(19-8-4-2-5-9-19)29-26(27-17)33-16-18-12-14-20(15-13-18)25(31)32/h2-15,23H,16H2,1H3,(H,27,29)(H,28,30)(H,31,32)/t23-/m1/s1. The van der Waals surface area contributed by atoms with Crippen molar-refractivity contribution >= 4 is 34.5 Å². The molecule has 6 nitrogen and oxygen atoms in total. The fourth-order valence-corrected chi connectivity index (χ4v) is 4.41. The van der Waals surface area contributed by atoms with Crippen molar-refractivity contribution in [3.05, 3.63) is 113 Å². The maximum atomic E-state index is 13.2. The van der Waals surface area contributed by atoms with E-state index in [1.807, 2.05) is 67.6 Å². The third-order valence-corrected chi connectivity index (χ3v) is 6.14. The van der Waals surface area contributed by atoms with Gasteiger partial charge in [0.2, 0.25) is 0 Å². The number of hydrogen-bond acceptors (Lipinski definition) is 5. The average Bonchev–Trinajstić information content (AvgIpc) is 2.83. The first-order valence-electron chi connectivity index (χ1n) is 10.4. The van der Waals surface area contributed by atoms with Crippen LogP contribution in [0, 0.1) is 0 Å². The zero-order chi connectivity index (χ0) is 23.2. The lowest BCUT2D eigenvalue weighted by atomic mass is 9.96. The van der Waals surface area contributed by atoms with E-state index >= 15 is 0 Å². The number of carboxylic acid groups (broad SMARTS) is 1. The van der Waals surface area contributed by atoms with Gasteiger partial charge in [-0.25, -0.2) is 9.79 Å². The molecule has 0 unspecified atom stereocenters. The van der Waals surface area contributed by atoms with Crippen molar-refractivity contribution in [3.8, 4) is 0 Å². The maximum absolute atomic E-state index is 13.2. The van der Waals surface area contributed by atoms with Gasteiger partial charge in [0.1, 0.15) is 6.04 Å². The Morgan fingerprint density at radius 1 is 0.970 bits per heavy atom. The Morgan fingerprint density at radius 2 is 1.61 bits per heavy atom. The molecule has 3 aromatic rings. The van der Waals surface area contributed by atoms with Gasteiger partial charge in [0.05, 0.1) is 11.1 Å². The largest absolute Gasteiger partial charge is 0.478 e. The molecule has 0 fully saturated rings. The number of para-hydroxylation sites is 1. The summed E-state index contributed by atoms with van der Waals surface area (Å²) in [6, 6.07) is 25.5. The molecule has 0 aliphatic carbocycles. The predicted octanol–water partition coefficient (Wildman–Crippen LogP) is 5.23. The number of nitrogens with zero attached hydrogens (tertiary/aromatic N) is 1. The first-order chi connectivity index (χ1) is 16.0. The Balaban J connectivity index is 1.56. The molecule has 33 heavy (non-hydrogen) atoms. The number of anilines is 1. The Bertz CT molecular complexity index is 1210. The topological polar surface area (TPSA) is 90.8 Å². The first-order valence-corrected chi connectivity index (χ1v) is 11.4. The van der Waals surface area contributed by atoms with Gasteiger partial charge in [-0.2, -0.15) is 0 Å². The van der Waals surface area contributed by atoms with E-state index in [0.717, 1.165) is 22.5 Å². The Labute approximate surface area is 196 Å². The average molecular weight is 458 g/mol. The second-order valence-corrected chi connectivity index (χ2v) is 8.49. The molecule has 3 N–H and O–H groups in total. The number of benzene rings is 3. The third-order valence-electron chi connectivity index (χ3n) is 5.19. The summed E-state index contributed by atoms with van der Waals surface area (Å²) >= 11 is 1.51. The summed E-state index contributed by atoms with van der Waals surface area (Å²) in [6.45, 7) is 1.88. The monoisotopic (exact) mass is 457 g/mol. The molecule has 0 bridgehead atoms. The summed E-state index contributed by atoms with van der Waals surface area (Å²) in [6.07, 6.45) is 0. The van der Waals surface area contributed by atoms with Gasteiger partial charge in [-0.05, 0) is 42.3 Å². The summed E-state index contributed by atoms with van der Waals surface area (Å²) in [5.74, 6) is -0.524. The van der Waals surface area contributed by atoms with Crippen molar-refractivity contribution in [1.29, 1.82) is 0 Å². The number of carbonyl (C=O) groups excluding carboxylic acids is 1. The fraction of sp³-hybridized carbons (Fsp3) is 0.115. The van der Waals surface area contributed by atoms with Crippen LogP contribution >= 0.6 is 11.8 Å². The number of rotatable bonds is 6. The second kappa shape index (κ2) is 10.2. The fourth-order valence-electron chi connectivity index (χ4n) is 3.51. The number of carbonyl (C=O) groups is 2. The molecule has 166 valence electrons. The van der Waals surface area contributed by atoms with Crippen LogP contribution in [-0.4, -0.2) is 22.2 Å². The summed E-state index contributed by atoms with van der Waals surface area (Å²) < 4.78 is 0. The van der Waals surface area contributed by atoms with Crippen LogP contribution in [0.4, 0.5) is 5.69 Å². The molecule has 1 amide bonds. The van der Waals surface area contributed by atoms with Crippen molar-refractivity contribution in [1.82, 2.24) is 5.32 Å². The van der Waals surface area contributed by atoms with E-state index in [4.69, 9.17) is 10.1 Å². The number of carboxylic acids is 1. The molecule has 1 atom stereocenters. The molecule has 7 heteroatoms. The predicted molar refractivity (Wildman–Crippen MR) is 132 cm³/mol. The van der Waals surface area contributed by atoms with Gasteiger partial charge in [-0.15, -0.1) is 0 Å². The minimum absolute atomic E-state index is 0.197. The maximum Gasteiger partial charge on any atom is 0.335 e. The Kier molecular flexibility index (Phi) is 6.90. The highest BCUT2D eigenvalue weighted by atomic mass is 32.2. The smallest absolute Gasteiger partial charge is 0.335 e. The highest BCUT2D eigenvalue weighted by Crippen LogP contribution is 2.33. The molecule has 1 aliphatic heterocycles. The number of nitrogens with one attached hydrogen (secondary N) is 2. The molecule has 4 rings (SSSR count). The summed E-state index contributed by atoms with van der Waals surface area (Å²) in [4.78, 5) is 29.1. The number of aromatic carboxylic acids is 1. The van der Waals surface area contributed by atoms with E-state index in [2.05, 4.69) is 10.6 Å². The summed E-state index contributed by atoms with van der Waals surface area (Å²) in [5.41, 5.74) is 4.22. The zero-order valence-electron chi connectivity index (χ0n) is 18.0. The highest BCUT2D eigenvalue weighted by Gasteiger charge is 2.29. The molecule has 1 aliphatic rings. The molecule has 0 saturated carbocycles. The number of amidine groups is 1. The van der Waals surface area contributed by atoms with Crippen molar-refractivity contribution in [2.45, 2.75) is 18.7 Å².